The molecule has 4 rings (SSSR count). The number of amides is 1. The third-order valence-corrected chi connectivity index (χ3v) is 5.68. The summed E-state index contributed by atoms with van der Waals surface area (Å²) in [4.78, 5) is 20.4. The number of methoxy groups -OCH3 is 1. The van der Waals surface area contributed by atoms with Crippen LogP contribution >= 0.6 is 0 Å². The van der Waals surface area contributed by atoms with Gasteiger partial charge in [-0.3, -0.25) is 15.1 Å². The van der Waals surface area contributed by atoms with E-state index in [2.05, 4.69) is 5.48 Å². The number of benzene rings is 1. The largest absolute Gasteiger partial charge is 0.493 e. The number of hydrogen-bond acceptors (Lipinski definition) is 5. The van der Waals surface area contributed by atoms with E-state index in [1.807, 2.05) is 36.1 Å². The first-order chi connectivity index (χ1) is 13.1. The van der Waals surface area contributed by atoms with Crippen molar-refractivity contribution in [2.75, 3.05) is 20.2 Å². The molecule has 1 aliphatic carbocycles. The Labute approximate surface area is 160 Å². The molecule has 0 aromatic heterocycles. The average molecular weight is 372 g/mol. The van der Waals surface area contributed by atoms with Gasteiger partial charge in [0.05, 0.1) is 18.9 Å². The lowest BCUT2D eigenvalue weighted by molar-refractivity contribution is -0.151. The summed E-state index contributed by atoms with van der Waals surface area (Å²) in [6.07, 6.45) is 8.83. The van der Waals surface area contributed by atoms with E-state index >= 15 is 0 Å². The molecule has 6 nitrogen and oxygen atoms in total. The molecular weight excluding hydrogens is 344 g/mol. The summed E-state index contributed by atoms with van der Waals surface area (Å²) in [6, 6.07) is 5.82. The summed E-state index contributed by atoms with van der Waals surface area (Å²) < 4.78 is 11.6. The number of nitrogens with zero attached hydrogens (tertiary/aromatic N) is 1. The van der Waals surface area contributed by atoms with Crippen molar-refractivity contribution in [1.29, 1.82) is 0 Å². The summed E-state index contributed by atoms with van der Waals surface area (Å²) in [5.74, 6) is 1.48. The van der Waals surface area contributed by atoms with Crippen LogP contribution in [-0.4, -0.2) is 42.7 Å². The molecule has 0 bridgehead atoms. The van der Waals surface area contributed by atoms with Crippen LogP contribution in [0.15, 0.2) is 24.3 Å². The molecule has 1 atom stereocenters. The van der Waals surface area contributed by atoms with Crippen LogP contribution in [0.25, 0.3) is 5.70 Å². The standard InChI is InChI=1S/C21H28N2O4/c1-21(20(24)23-11-5-6-12-23)14-17(22-27-21)15-9-10-18(25-2)19(13-15)26-16-7-3-4-8-16/h9-10,13-14,16,22H,3-8,11-12H2,1-2H3. The van der Waals surface area contributed by atoms with Gasteiger partial charge in [-0.2, -0.15) is 0 Å². The topological polar surface area (TPSA) is 60.0 Å². The fraction of sp³-hybridized carbons (Fsp3) is 0.571. The molecule has 0 spiro atoms. The molecule has 27 heavy (non-hydrogen) atoms. The number of rotatable bonds is 5. The van der Waals surface area contributed by atoms with E-state index in [1.165, 1.54) is 12.8 Å². The lowest BCUT2D eigenvalue weighted by atomic mass is 10.0. The summed E-state index contributed by atoms with van der Waals surface area (Å²) in [7, 11) is 1.65. The van der Waals surface area contributed by atoms with Crippen molar-refractivity contribution in [3.05, 3.63) is 29.8 Å². The lowest BCUT2D eigenvalue weighted by Crippen LogP contribution is -2.46. The first-order valence-corrected chi connectivity index (χ1v) is 9.90. The van der Waals surface area contributed by atoms with E-state index in [0.717, 1.165) is 61.5 Å². The van der Waals surface area contributed by atoms with E-state index < -0.39 is 5.60 Å². The molecule has 1 saturated heterocycles. The molecule has 1 unspecified atom stereocenters. The minimum Gasteiger partial charge on any atom is -0.493 e. The average Bonchev–Trinajstić information content (AvgIpc) is 3.43. The first kappa shape index (κ1) is 18.2. The lowest BCUT2D eigenvalue weighted by Gasteiger charge is -2.25. The third kappa shape index (κ3) is 3.63. The molecule has 146 valence electrons. The molecule has 2 fully saturated rings. The molecule has 1 saturated carbocycles. The maximum absolute atomic E-state index is 12.8. The smallest absolute Gasteiger partial charge is 0.261 e. The molecule has 1 aromatic carbocycles. The number of hydrogen-bond donors (Lipinski definition) is 1. The highest BCUT2D eigenvalue weighted by Crippen LogP contribution is 2.36. The van der Waals surface area contributed by atoms with Gasteiger partial charge in [0.25, 0.3) is 5.91 Å². The van der Waals surface area contributed by atoms with Gasteiger partial charge in [-0.15, -0.1) is 0 Å². The number of carbonyl (C=O) groups is 1. The molecule has 2 aliphatic heterocycles. The Kier molecular flexibility index (Phi) is 5.00. The fourth-order valence-electron chi connectivity index (χ4n) is 4.10. The second-order valence-electron chi connectivity index (χ2n) is 7.76. The summed E-state index contributed by atoms with van der Waals surface area (Å²) in [5, 5.41) is 0. The van der Waals surface area contributed by atoms with Gasteiger partial charge in [0, 0.05) is 18.7 Å². The van der Waals surface area contributed by atoms with Crippen molar-refractivity contribution in [3.63, 3.8) is 0 Å². The van der Waals surface area contributed by atoms with Crippen molar-refractivity contribution in [2.24, 2.45) is 0 Å². The summed E-state index contributed by atoms with van der Waals surface area (Å²) in [6.45, 7) is 3.43. The number of carbonyl (C=O) groups excluding carboxylic acids is 1. The second-order valence-corrected chi connectivity index (χ2v) is 7.76. The molecule has 1 N–H and O–H groups in total. The monoisotopic (exact) mass is 372 g/mol. The van der Waals surface area contributed by atoms with E-state index in [-0.39, 0.29) is 12.0 Å². The van der Waals surface area contributed by atoms with E-state index in [4.69, 9.17) is 14.3 Å². The Balaban J connectivity index is 1.56. The van der Waals surface area contributed by atoms with Gasteiger partial charge in [0.2, 0.25) is 0 Å². The second kappa shape index (κ2) is 7.43. The zero-order valence-electron chi connectivity index (χ0n) is 16.1. The Morgan fingerprint density at radius 3 is 2.63 bits per heavy atom. The van der Waals surface area contributed by atoms with Gasteiger partial charge < -0.3 is 14.4 Å². The van der Waals surface area contributed by atoms with Crippen molar-refractivity contribution in [2.45, 2.75) is 57.2 Å². The van der Waals surface area contributed by atoms with Crippen LogP contribution in [0.4, 0.5) is 0 Å². The predicted molar refractivity (Wildman–Crippen MR) is 102 cm³/mol. The van der Waals surface area contributed by atoms with Crippen molar-refractivity contribution >= 4 is 11.6 Å². The number of likely N-dealkylation sites (tertiary alicyclic amines) is 1. The SMILES string of the molecule is COc1ccc(C2=CC(C)(C(=O)N3CCCC3)ON2)cc1OC1CCCC1. The maximum atomic E-state index is 12.8. The van der Waals surface area contributed by atoms with Crippen molar-refractivity contribution in [1.82, 2.24) is 10.4 Å². The predicted octanol–water partition coefficient (Wildman–Crippen LogP) is 3.27. The van der Waals surface area contributed by atoms with E-state index in [1.54, 1.807) is 7.11 Å². The van der Waals surface area contributed by atoms with Gasteiger partial charge in [-0.1, -0.05) is 0 Å². The van der Waals surface area contributed by atoms with E-state index in [9.17, 15) is 4.79 Å². The maximum Gasteiger partial charge on any atom is 0.261 e. The number of nitrogens with one attached hydrogen (secondary N) is 1. The van der Waals surface area contributed by atoms with Gasteiger partial charge in [-0.05, 0) is 69.7 Å². The third-order valence-electron chi connectivity index (χ3n) is 5.68. The molecule has 1 aromatic rings. The fourth-order valence-corrected chi connectivity index (χ4v) is 4.10. The zero-order chi connectivity index (χ0) is 18.9. The highest BCUT2D eigenvalue weighted by molar-refractivity contribution is 5.90. The molecule has 6 heteroatoms. The van der Waals surface area contributed by atoms with Crippen LogP contribution in [0.3, 0.4) is 0 Å². The molecular formula is C21H28N2O4. The number of ether oxygens (including phenoxy) is 2. The minimum atomic E-state index is -0.980. The Hall–Kier alpha value is -2.21. The van der Waals surface area contributed by atoms with Crippen molar-refractivity contribution < 1.29 is 19.1 Å². The summed E-state index contributed by atoms with van der Waals surface area (Å²) >= 11 is 0. The van der Waals surface area contributed by atoms with Crippen molar-refractivity contribution in [3.8, 4) is 11.5 Å². The van der Waals surface area contributed by atoms with Gasteiger partial charge in [0.15, 0.2) is 17.1 Å². The van der Waals surface area contributed by atoms with Gasteiger partial charge in [0.1, 0.15) is 0 Å². The first-order valence-electron chi connectivity index (χ1n) is 9.90. The van der Waals surface area contributed by atoms with Gasteiger partial charge >= 0.3 is 0 Å². The highest BCUT2D eigenvalue weighted by atomic mass is 16.7. The summed E-state index contributed by atoms with van der Waals surface area (Å²) in [5.41, 5.74) is 3.66. The zero-order valence-corrected chi connectivity index (χ0v) is 16.1. The quantitative estimate of drug-likeness (QED) is 0.860. The van der Waals surface area contributed by atoms with Gasteiger partial charge in [-0.25, -0.2) is 0 Å². The Morgan fingerprint density at radius 2 is 1.93 bits per heavy atom. The molecule has 3 aliphatic rings. The van der Waals surface area contributed by atoms with Crippen LogP contribution in [0.5, 0.6) is 11.5 Å². The minimum absolute atomic E-state index is 0.0124. The number of hydroxylamine groups is 1. The highest BCUT2D eigenvalue weighted by Gasteiger charge is 2.41. The van der Waals surface area contributed by atoms with Crippen LogP contribution in [-0.2, 0) is 9.63 Å². The van der Waals surface area contributed by atoms with E-state index in [0.29, 0.717) is 0 Å². The molecule has 0 radical (unpaired) electrons. The van der Waals surface area contributed by atoms with Crippen LogP contribution in [0.1, 0.15) is 51.0 Å². The van der Waals surface area contributed by atoms with Crippen LogP contribution in [0, 0.1) is 0 Å². The van der Waals surface area contributed by atoms with Crippen LogP contribution in [0.2, 0.25) is 0 Å². The Bertz CT molecular complexity index is 736. The van der Waals surface area contributed by atoms with Crippen LogP contribution < -0.4 is 15.0 Å². The molecule has 2 heterocycles. The normalized spacial score (nSPS) is 25.4. The molecule has 1 amide bonds. The Morgan fingerprint density at radius 1 is 1.19 bits per heavy atom.